The quantitative estimate of drug-likeness (QED) is 0.777. The first-order chi connectivity index (χ1) is 11.1. The van der Waals surface area contributed by atoms with Crippen molar-refractivity contribution in [2.75, 3.05) is 6.54 Å². The molecule has 3 rings (SSSR count). The van der Waals surface area contributed by atoms with Crippen molar-refractivity contribution < 1.29 is 9.21 Å². The predicted molar refractivity (Wildman–Crippen MR) is 83.4 cm³/mol. The van der Waals surface area contributed by atoms with Crippen molar-refractivity contribution in [3.8, 4) is 5.69 Å². The third kappa shape index (κ3) is 3.45. The maximum Gasteiger partial charge on any atom is 0.273 e. The highest BCUT2D eigenvalue weighted by atomic mass is 16.4. The molecule has 23 heavy (non-hydrogen) atoms. The van der Waals surface area contributed by atoms with Gasteiger partial charge >= 0.3 is 0 Å². The van der Waals surface area contributed by atoms with Crippen LogP contribution in [0.15, 0.2) is 40.9 Å². The van der Waals surface area contributed by atoms with E-state index in [-0.39, 0.29) is 5.91 Å². The highest BCUT2D eigenvalue weighted by Gasteiger charge is 2.15. The molecular weight excluding hydrogens is 294 g/mol. The van der Waals surface area contributed by atoms with Crippen LogP contribution in [0.2, 0.25) is 0 Å². The predicted octanol–water partition coefficient (Wildman–Crippen LogP) is 1.84. The molecule has 1 aromatic carbocycles. The van der Waals surface area contributed by atoms with Crippen LogP contribution in [0.25, 0.3) is 5.69 Å². The molecule has 0 fully saturated rings. The van der Waals surface area contributed by atoms with E-state index in [4.69, 9.17) is 4.42 Å². The average molecular weight is 311 g/mol. The molecule has 0 saturated heterocycles. The summed E-state index contributed by atoms with van der Waals surface area (Å²) in [6.07, 6.45) is 2.29. The molecule has 3 aromatic rings. The number of rotatable bonds is 5. The second kappa shape index (κ2) is 6.43. The van der Waals surface area contributed by atoms with Crippen molar-refractivity contribution in [3.63, 3.8) is 0 Å². The normalized spacial score (nSPS) is 10.7. The van der Waals surface area contributed by atoms with Crippen LogP contribution in [0.3, 0.4) is 0 Å². The Hall–Kier alpha value is -2.96. The second-order valence-corrected chi connectivity index (χ2v) is 5.10. The number of carbonyl (C=O) groups excluding carboxylic acids is 1. The van der Waals surface area contributed by atoms with Crippen LogP contribution < -0.4 is 5.32 Å². The highest BCUT2D eigenvalue weighted by Crippen LogP contribution is 2.08. The van der Waals surface area contributed by atoms with Gasteiger partial charge < -0.3 is 9.73 Å². The lowest BCUT2D eigenvalue weighted by atomic mass is 10.3. The number of aromatic nitrogens is 4. The summed E-state index contributed by atoms with van der Waals surface area (Å²) in [5.74, 6) is 0.767. The number of hydrogen-bond donors (Lipinski definition) is 1. The Morgan fingerprint density at radius 1 is 1.26 bits per heavy atom. The molecule has 0 aliphatic carbocycles. The fourth-order valence-electron chi connectivity index (χ4n) is 2.22. The fraction of sp³-hybridized carbons (Fsp3) is 0.250. The monoisotopic (exact) mass is 311 g/mol. The Morgan fingerprint density at radius 3 is 2.74 bits per heavy atom. The van der Waals surface area contributed by atoms with Crippen molar-refractivity contribution in [2.45, 2.75) is 20.3 Å². The largest absolute Gasteiger partial charge is 0.445 e. The Kier molecular flexibility index (Phi) is 4.18. The van der Waals surface area contributed by atoms with Crippen molar-refractivity contribution in [2.24, 2.45) is 0 Å². The van der Waals surface area contributed by atoms with Gasteiger partial charge in [-0.25, -0.2) is 4.98 Å². The lowest BCUT2D eigenvalue weighted by Crippen LogP contribution is -2.26. The van der Waals surface area contributed by atoms with Crippen LogP contribution in [-0.2, 0) is 6.42 Å². The number of oxazole rings is 1. The minimum atomic E-state index is -0.241. The topological polar surface area (TPSA) is 85.8 Å². The zero-order valence-corrected chi connectivity index (χ0v) is 13.0. The van der Waals surface area contributed by atoms with E-state index in [1.54, 1.807) is 24.8 Å². The van der Waals surface area contributed by atoms with Gasteiger partial charge in [-0.3, -0.25) is 4.79 Å². The van der Waals surface area contributed by atoms with Crippen LogP contribution in [0.1, 0.15) is 27.8 Å². The van der Waals surface area contributed by atoms with Gasteiger partial charge in [0.2, 0.25) is 0 Å². The summed E-state index contributed by atoms with van der Waals surface area (Å²) in [4.78, 5) is 17.7. The van der Waals surface area contributed by atoms with E-state index in [2.05, 4.69) is 20.5 Å². The van der Waals surface area contributed by atoms with E-state index in [1.165, 1.54) is 0 Å². The summed E-state index contributed by atoms with van der Waals surface area (Å²) in [6, 6.07) is 9.67. The summed E-state index contributed by atoms with van der Waals surface area (Å²) >= 11 is 0. The van der Waals surface area contributed by atoms with Gasteiger partial charge in [0.05, 0.1) is 17.6 Å². The van der Waals surface area contributed by atoms with Crippen LogP contribution >= 0.6 is 0 Å². The van der Waals surface area contributed by atoms with Gasteiger partial charge in [-0.15, -0.1) is 0 Å². The standard InChI is InChI=1S/C16H17N5O2/c1-11-15(19-12(2)23-11)16(22)17-9-8-13-10-18-21(20-13)14-6-4-3-5-7-14/h3-7,10H,8-9H2,1-2H3,(H,17,22). The molecule has 0 bridgehead atoms. The molecule has 118 valence electrons. The van der Waals surface area contributed by atoms with Crippen LogP contribution in [-0.4, -0.2) is 32.4 Å². The maximum atomic E-state index is 12.0. The molecule has 7 nitrogen and oxygen atoms in total. The van der Waals surface area contributed by atoms with Gasteiger partial charge in [0.1, 0.15) is 5.76 Å². The molecule has 0 aliphatic heterocycles. The zero-order chi connectivity index (χ0) is 16.2. The van der Waals surface area contributed by atoms with Gasteiger partial charge in [-0.1, -0.05) is 18.2 Å². The molecule has 0 spiro atoms. The van der Waals surface area contributed by atoms with E-state index in [0.29, 0.717) is 30.3 Å². The molecule has 0 aliphatic rings. The molecule has 0 saturated carbocycles. The number of amides is 1. The van der Waals surface area contributed by atoms with Crippen LogP contribution in [0.4, 0.5) is 0 Å². The van der Waals surface area contributed by atoms with Crippen LogP contribution in [0.5, 0.6) is 0 Å². The van der Waals surface area contributed by atoms with E-state index in [9.17, 15) is 4.79 Å². The van der Waals surface area contributed by atoms with E-state index in [1.807, 2.05) is 30.3 Å². The summed E-state index contributed by atoms with van der Waals surface area (Å²) in [6.45, 7) is 3.89. The Labute approximate surface area is 133 Å². The molecule has 1 amide bonds. The Morgan fingerprint density at radius 2 is 2.04 bits per heavy atom. The summed E-state index contributed by atoms with van der Waals surface area (Å²) in [7, 11) is 0. The first kappa shape index (κ1) is 15.0. The van der Waals surface area contributed by atoms with Gasteiger partial charge in [0.15, 0.2) is 11.6 Å². The summed E-state index contributed by atoms with van der Waals surface area (Å²) < 4.78 is 5.25. The molecule has 7 heteroatoms. The number of para-hydroxylation sites is 1. The molecule has 2 aromatic heterocycles. The SMILES string of the molecule is Cc1nc(C(=O)NCCc2cnn(-c3ccccc3)n2)c(C)o1. The first-order valence-electron chi connectivity index (χ1n) is 7.32. The molecule has 0 unspecified atom stereocenters. The van der Waals surface area contributed by atoms with Gasteiger partial charge in [-0.2, -0.15) is 15.0 Å². The van der Waals surface area contributed by atoms with Crippen LogP contribution in [0, 0.1) is 13.8 Å². The minimum absolute atomic E-state index is 0.241. The average Bonchev–Trinajstić information content (AvgIpc) is 3.14. The lowest BCUT2D eigenvalue weighted by molar-refractivity contribution is 0.0948. The number of hydrogen-bond acceptors (Lipinski definition) is 5. The Bertz CT molecular complexity index is 807. The van der Waals surface area contributed by atoms with Gasteiger partial charge in [0, 0.05) is 19.9 Å². The number of carbonyl (C=O) groups is 1. The smallest absolute Gasteiger partial charge is 0.273 e. The molecule has 0 radical (unpaired) electrons. The van der Waals surface area contributed by atoms with Gasteiger partial charge in [0.25, 0.3) is 5.91 Å². The number of nitrogens with one attached hydrogen (secondary N) is 1. The van der Waals surface area contributed by atoms with E-state index < -0.39 is 0 Å². The molecular formula is C16H17N5O2. The highest BCUT2D eigenvalue weighted by molar-refractivity contribution is 5.93. The van der Waals surface area contributed by atoms with Crippen molar-refractivity contribution in [1.82, 2.24) is 25.3 Å². The molecule has 1 N–H and O–H groups in total. The number of aryl methyl sites for hydroxylation is 2. The molecule has 0 atom stereocenters. The van der Waals surface area contributed by atoms with E-state index in [0.717, 1.165) is 11.4 Å². The second-order valence-electron chi connectivity index (χ2n) is 5.10. The zero-order valence-electron chi connectivity index (χ0n) is 13.0. The Balaban J connectivity index is 1.56. The number of benzene rings is 1. The van der Waals surface area contributed by atoms with Gasteiger partial charge in [-0.05, 0) is 19.1 Å². The van der Waals surface area contributed by atoms with Crippen molar-refractivity contribution in [1.29, 1.82) is 0 Å². The van der Waals surface area contributed by atoms with E-state index >= 15 is 0 Å². The van der Waals surface area contributed by atoms with Crippen molar-refractivity contribution >= 4 is 5.91 Å². The third-order valence-electron chi connectivity index (χ3n) is 3.31. The fourth-order valence-corrected chi connectivity index (χ4v) is 2.22. The maximum absolute atomic E-state index is 12.0. The summed E-state index contributed by atoms with van der Waals surface area (Å²) in [5, 5.41) is 11.4. The lowest BCUT2D eigenvalue weighted by Gasteiger charge is -2.01. The number of nitrogens with zero attached hydrogens (tertiary/aromatic N) is 4. The first-order valence-corrected chi connectivity index (χ1v) is 7.32. The minimum Gasteiger partial charge on any atom is -0.445 e. The van der Waals surface area contributed by atoms with Crippen molar-refractivity contribution in [3.05, 3.63) is 59.6 Å². The summed E-state index contributed by atoms with van der Waals surface area (Å²) in [5.41, 5.74) is 2.04. The molecule has 2 heterocycles. The third-order valence-corrected chi connectivity index (χ3v) is 3.31.